The van der Waals surface area contributed by atoms with E-state index in [1.165, 1.54) is 31.4 Å². The second-order valence-corrected chi connectivity index (χ2v) is 5.87. The van der Waals surface area contributed by atoms with Crippen molar-refractivity contribution in [1.29, 1.82) is 0 Å². The number of anilines is 2. The van der Waals surface area contributed by atoms with Crippen LogP contribution in [0.3, 0.4) is 0 Å². The van der Waals surface area contributed by atoms with Gasteiger partial charge in [0.1, 0.15) is 0 Å². The molecule has 0 spiro atoms. The van der Waals surface area contributed by atoms with Crippen molar-refractivity contribution >= 4 is 23.2 Å². The summed E-state index contributed by atoms with van der Waals surface area (Å²) in [5.41, 5.74) is 2.01. The fourth-order valence-electron chi connectivity index (χ4n) is 2.73. The van der Waals surface area contributed by atoms with E-state index in [4.69, 9.17) is 0 Å². The largest absolute Gasteiger partial charge is 0.372 e. The number of rotatable bonds is 6. The molecule has 1 heterocycles. The van der Waals surface area contributed by atoms with Gasteiger partial charge in [-0.3, -0.25) is 9.59 Å². The maximum absolute atomic E-state index is 11.8. The lowest BCUT2D eigenvalue weighted by atomic mass is 10.2. The van der Waals surface area contributed by atoms with Crippen LogP contribution in [-0.4, -0.2) is 45.0 Å². The molecule has 2 rings (SSSR count). The summed E-state index contributed by atoms with van der Waals surface area (Å²) in [5, 5.41) is 7.06. The summed E-state index contributed by atoms with van der Waals surface area (Å²) in [6, 6.07) is 8.01. The second kappa shape index (κ2) is 9.15. The number of quaternary nitrogens is 1. The molecule has 4 N–H and O–H groups in total. The molecule has 0 unspecified atom stereocenters. The first-order chi connectivity index (χ1) is 11.2. The van der Waals surface area contributed by atoms with Gasteiger partial charge in [-0.15, -0.1) is 0 Å². The van der Waals surface area contributed by atoms with Crippen LogP contribution < -0.4 is 20.9 Å². The van der Waals surface area contributed by atoms with Crippen molar-refractivity contribution in [3.8, 4) is 0 Å². The zero-order valence-corrected chi connectivity index (χ0v) is 13.8. The van der Waals surface area contributed by atoms with Gasteiger partial charge in [0.2, 0.25) is 0 Å². The minimum atomic E-state index is -0.101. The molecule has 6 heteroatoms. The van der Waals surface area contributed by atoms with Gasteiger partial charge in [-0.05, 0) is 37.1 Å². The van der Waals surface area contributed by atoms with Crippen LogP contribution in [0.2, 0.25) is 0 Å². The molecule has 1 aliphatic heterocycles. The zero-order chi connectivity index (χ0) is 16.5. The van der Waals surface area contributed by atoms with Gasteiger partial charge in [-0.2, -0.15) is 0 Å². The topological polar surface area (TPSA) is 78.0 Å². The normalized spacial score (nSPS) is 14.9. The van der Waals surface area contributed by atoms with E-state index in [9.17, 15) is 9.59 Å². The van der Waals surface area contributed by atoms with E-state index >= 15 is 0 Å². The highest BCUT2D eigenvalue weighted by Crippen LogP contribution is 2.21. The van der Waals surface area contributed by atoms with Crippen LogP contribution in [0.25, 0.3) is 0 Å². The lowest BCUT2D eigenvalue weighted by Gasteiger charge is -2.22. The average molecular weight is 319 g/mol. The third kappa shape index (κ3) is 5.90. The first-order valence-electron chi connectivity index (χ1n) is 8.36. The number of hydrogen-bond donors (Lipinski definition) is 3. The Labute approximate surface area is 137 Å². The summed E-state index contributed by atoms with van der Waals surface area (Å²) >= 11 is 0. The summed E-state index contributed by atoms with van der Waals surface area (Å²) in [6.45, 7) is 2.72. The van der Waals surface area contributed by atoms with Gasteiger partial charge in [0.25, 0.3) is 11.8 Å². The average Bonchev–Trinajstić information content (AvgIpc) is 2.84. The predicted molar refractivity (Wildman–Crippen MR) is 91.5 cm³/mol. The molecular weight excluding hydrogens is 292 g/mol. The smallest absolute Gasteiger partial charge is 0.279 e. The molecule has 23 heavy (non-hydrogen) atoms. The third-order valence-electron chi connectivity index (χ3n) is 4.06. The number of hydrogen-bond acceptors (Lipinski definition) is 3. The van der Waals surface area contributed by atoms with Crippen LogP contribution in [0.1, 0.15) is 25.7 Å². The highest BCUT2D eigenvalue weighted by atomic mass is 16.2. The Kier molecular flexibility index (Phi) is 6.87. The molecule has 2 amide bonds. The quantitative estimate of drug-likeness (QED) is 0.706. The molecule has 0 saturated carbocycles. The highest BCUT2D eigenvalue weighted by molar-refractivity contribution is 5.91. The Morgan fingerprint density at radius 2 is 1.61 bits per heavy atom. The number of carbonyl (C=O) groups is 2. The van der Waals surface area contributed by atoms with Crippen LogP contribution in [-0.2, 0) is 9.59 Å². The Morgan fingerprint density at radius 3 is 2.22 bits per heavy atom. The molecular formula is C17H27N4O2+. The Balaban J connectivity index is 1.79. The van der Waals surface area contributed by atoms with Crippen molar-refractivity contribution in [2.24, 2.45) is 0 Å². The molecule has 0 aromatic heterocycles. The summed E-state index contributed by atoms with van der Waals surface area (Å²) < 4.78 is 0. The first kappa shape index (κ1) is 17.3. The molecule has 1 aromatic rings. The number of nitrogens with zero attached hydrogens (tertiary/aromatic N) is 1. The number of nitrogens with two attached hydrogens (primary N) is 1. The number of amides is 2. The van der Waals surface area contributed by atoms with Crippen molar-refractivity contribution in [2.45, 2.75) is 25.7 Å². The van der Waals surface area contributed by atoms with E-state index in [1.54, 1.807) is 12.4 Å². The molecule has 126 valence electrons. The lowest BCUT2D eigenvalue weighted by Crippen LogP contribution is -2.88. The van der Waals surface area contributed by atoms with Gasteiger partial charge in [0, 0.05) is 31.5 Å². The van der Waals surface area contributed by atoms with E-state index in [0.29, 0.717) is 0 Å². The third-order valence-corrected chi connectivity index (χ3v) is 4.06. The fraction of sp³-hybridized carbons (Fsp3) is 0.529. The number of likely N-dealkylation sites (N-methyl/N-ethyl adjacent to an activating group) is 1. The van der Waals surface area contributed by atoms with E-state index in [1.807, 2.05) is 12.1 Å². The number of carbonyl (C=O) groups excluding carboxylic acids is 2. The monoisotopic (exact) mass is 319 g/mol. The van der Waals surface area contributed by atoms with E-state index in [2.05, 4.69) is 27.7 Å². The van der Waals surface area contributed by atoms with E-state index in [-0.39, 0.29) is 24.9 Å². The summed E-state index contributed by atoms with van der Waals surface area (Å²) in [6.07, 6.45) is 5.13. The maximum Gasteiger partial charge on any atom is 0.279 e. The van der Waals surface area contributed by atoms with Crippen LogP contribution in [0.5, 0.6) is 0 Å². The van der Waals surface area contributed by atoms with Crippen molar-refractivity contribution in [3.63, 3.8) is 0 Å². The van der Waals surface area contributed by atoms with Crippen LogP contribution >= 0.6 is 0 Å². The van der Waals surface area contributed by atoms with Crippen LogP contribution in [0.15, 0.2) is 24.3 Å². The summed E-state index contributed by atoms with van der Waals surface area (Å²) in [5.74, 6) is -0.184. The van der Waals surface area contributed by atoms with Crippen molar-refractivity contribution < 1.29 is 14.9 Å². The number of benzene rings is 1. The number of nitrogens with one attached hydrogen (secondary N) is 2. The van der Waals surface area contributed by atoms with Crippen LogP contribution in [0.4, 0.5) is 11.4 Å². The lowest BCUT2D eigenvalue weighted by molar-refractivity contribution is -0.632. The van der Waals surface area contributed by atoms with Crippen molar-refractivity contribution in [2.75, 3.05) is 43.4 Å². The van der Waals surface area contributed by atoms with Crippen LogP contribution in [0, 0.1) is 0 Å². The molecule has 0 aliphatic carbocycles. The Morgan fingerprint density at radius 1 is 1.00 bits per heavy atom. The minimum absolute atomic E-state index is 0.0837. The molecule has 1 fully saturated rings. The van der Waals surface area contributed by atoms with Gasteiger partial charge in [0.15, 0.2) is 13.1 Å². The van der Waals surface area contributed by atoms with Crippen molar-refractivity contribution in [1.82, 2.24) is 5.32 Å². The maximum atomic E-state index is 11.8. The molecule has 0 bridgehead atoms. The molecule has 1 aliphatic rings. The zero-order valence-electron chi connectivity index (χ0n) is 13.8. The van der Waals surface area contributed by atoms with Gasteiger partial charge in [0.05, 0.1) is 0 Å². The standard InChI is InChI=1S/C17H26N4O2/c1-18-16(22)12-19-13-17(23)20-14-6-8-15(9-7-14)21-10-4-2-3-5-11-21/h6-9,19H,2-5,10-13H2,1H3,(H,18,22)(H,20,23)/p+1. The predicted octanol–water partition coefficient (Wildman–Crippen LogP) is 0.315. The van der Waals surface area contributed by atoms with Gasteiger partial charge >= 0.3 is 0 Å². The molecule has 1 saturated heterocycles. The van der Waals surface area contributed by atoms with Gasteiger partial charge < -0.3 is 20.9 Å². The first-order valence-corrected chi connectivity index (χ1v) is 8.36. The molecule has 1 aromatic carbocycles. The summed E-state index contributed by atoms with van der Waals surface area (Å²) in [4.78, 5) is 25.3. The fourth-order valence-corrected chi connectivity index (χ4v) is 2.73. The minimum Gasteiger partial charge on any atom is -0.372 e. The molecule has 0 atom stereocenters. The highest BCUT2D eigenvalue weighted by Gasteiger charge is 2.10. The summed E-state index contributed by atoms with van der Waals surface area (Å²) in [7, 11) is 1.59. The Hall–Kier alpha value is -2.08. The Bertz CT molecular complexity index is 508. The van der Waals surface area contributed by atoms with Gasteiger partial charge in [-0.1, -0.05) is 12.8 Å². The second-order valence-electron chi connectivity index (χ2n) is 5.87. The SMILES string of the molecule is CNC(=O)C[NH2+]CC(=O)Nc1ccc(N2CCCCCC2)cc1. The van der Waals surface area contributed by atoms with E-state index < -0.39 is 0 Å². The van der Waals surface area contributed by atoms with E-state index in [0.717, 1.165) is 18.8 Å². The molecule has 0 radical (unpaired) electrons. The van der Waals surface area contributed by atoms with Gasteiger partial charge in [-0.25, -0.2) is 0 Å². The van der Waals surface area contributed by atoms with Crippen molar-refractivity contribution in [3.05, 3.63) is 24.3 Å². The molecule has 6 nitrogen and oxygen atoms in total.